The number of nitrogens with one attached hydrogen (secondary N) is 1. The van der Waals surface area contributed by atoms with Crippen molar-refractivity contribution in [1.29, 1.82) is 0 Å². The Hall–Kier alpha value is -1.75. The van der Waals surface area contributed by atoms with Gasteiger partial charge >= 0.3 is 0 Å². The SMILES string of the molecule is CCONC(=O)COc1ccc(C)cc1OC. The predicted octanol–water partition coefficient (Wildman–Crippen LogP) is 1.45. The Morgan fingerprint density at radius 1 is 1.35 bits per heavy atom. The van der Waals surface area contributed by atoms with Crippen LogP contribution >= 0.6 is 0 Å². The number of hydrogen-bond donors (Lipinski definition) is 1. The highest BCUT2D eigenvalue weighted by Crippen LogP contribution is 2.27. The van der Waals surface area contributed by atoms with Gasteiger partial charge in [-0.05, 0) is 31.5 Å². The van der Waals surface area contributed by atoms with Gasteiger partial charge in [-0.25, -0.2) is 5.48 Å². The number of aryl methyl sites for hydroxylation is 1. The molecule has 0 radical (unpaired) electrons. The van der Waals surface area contributed by atoms with Crippen LogP contribution in [0.5, 0.6) is 11.5 Å². The molecular weight excluding hydrogens is 222 g/mol. The second-order valence-electron chi connectivity index (χ2n) is 3.40. The Balaban J connectivity index is 2.54. The highest BCUT2D eigenvalue weighted by molar-refractivity contribution is 5.76. The average Bonchev–Trinajstić information content (AvgIpc) is 2.34. The first kappa shape index (κ1) is 13.3. The van der Waals surface area contributed by atoms with Crippen molar-refractivity contribution in [2.24, 2.45) is 0 Å². The van der Waals surface area contributed by atoms with E-state index in [1.165, 1.54) is 0 Å². The zero-order chi connectivity index (χ0) is 12.7. The van der Waals surface area contributed by atoms with Gasteiger partial charge in [0, 0.05) is 0 Å². The zero-order valence-electron chi connectivity index (χ0n) is 10.3. The van der Waals surface area contributed by atoms with E-state index in [2.05, 4.69) is 5.48 Å². The van der Waals surface area contributed by atoms with Crippen LogP contribution in [0.15, 0.2) is 18.2 Å². The number of carbonyl (C=O) groups excluding carboxylic acids is 1. The fraction of sp³-hybridized carbons (Fsp3) is 0.417. The van der Waals surface area contributed by atoms with Crippen molar-refractivity contribution in [3.05, 3.63) is 23.8 Å². The van der Waals surface area contributed by atoms with E-state index < -0.39 is 0 Å². The molecule has 5 heteroatoms. The fourth-order valence-corrected chi connectivity index (χ4v) is 1.22. The number of carbonyl (C=O) groups is 1. The van der Waals surface area contributed by atoms with Crippen LogP contribution in [0.25, 0.3) is 0 Å². The summed E-state index contributed by atoms with van der Waals surface area (Å²) in [5.74, 6) is 0.799. The molecule has 0 aromatic heterocycles. The number of benzene rings is 1. The van der Waals surface area contributed by atoms with Crippen LogP contribution in [0.4, 0.5) is 0 Å². The van der Waals surface area contributed by atoms with Crippen molar-refractivity contribution >= 4 is 5.91 Å². The van der Waals surface area contributed by atoms with Crippen LogP contribution in [-0.4, -0.2) is 26.2 Å². The monoisotopic (exact) mass is 239 g/mol. The Morgan fingerprint density at radius 3 is 2.76 bits per heavy atom. The Bertz CT molecular complexity index is 379. The van der Waals surface area contributed by atoms with E-state index in [9.17, 15) is 4.79 Å². The normalized spacial score (nSPS) is 9.82. The minimum atomic E-state index is -0.338. The van der Waals surface area contributed by atoms with Crippen molar-refractivity contribution in [1.82, 2.24) is 5.48 Å². The molecular formula is C12H17NO4. The molecule has 17 heavy (non-hydrogen) atoms. The molecule has 0 spiro atoms. The Labute approximate surface area is 101 Å². The molecule has 1 rings (SSSR count). The van der Waals surface area contributed by atoms with Crippen LogP contribution < -0.4 is 15.0 Å². The number of hydrogen-bond acceptors (Lipinski definition) is 4. The van der Waals surface area contributed by atoms with Crippen molar-refractivity contribution < 1.29 is 19.1 Å². The molecule has 0 aliphatic rings. The maximum Gasteiger partial charge on any atom is 0.281 e. The highest BCUT2D eigenvalue weighted by Gasteiger charge is 2.07. The number of ether oxygens (including phenoxy) is 2. The second kappa shape index (κ2) is 6.75. The molecule has 94 valence electrons. The van der Waals surface area contributed by atoms with E-state index in [1.807, 2.05) is 19.1 Å². The third-order valence-electron chi connectivity index (χ3n) is 2.01. The van der Waals surface area contributed by atoms with Gasteiger partial charge in [0.1, 0.15) is 0 Å². The summed E-state index contributed by atoms with van der Waals surface area (Å²) in [6, 6.07) is 5.50. The quantitative estimate of drug-likeness (QED) is 0.763. The second-order valence-corrected chi connectivity index (χ2v) is 3.40. The van der Waals surface area contributed by atoms with Gasteiger partial charge in [0.25, 0.3) is 5.91 Å². The summed E-state index contributed by atoms with van der Waals surface area (Å²) in [5.41, 5.74) is 3.31. The van der Waals surface area contributed by atoms with Gasteiger partial charge in [0.15, 0.2) is 18.1 Å². The van der Waals surface area contributed by atoms with Gasteiger partial charge in [-0.3, -0.25) is 9.63 Å². The van der Waals surface area contributed by atoms with Gasteiger partial charge in [0.2, 0.25) is 0 Å². The lowest BCUT2D eigenvalue weighted by atomic mass is 10.2. The number of methoxy groups -OCH3 is 1. The van der Waals surface area contributed by atoms with E-state index in [0.717, 1.165) is 5.56 Å². The molecule has 0 heterocycles. The minimum absolute atomic E-state index is 0.112. The molecule has 1 aromatic rings. The molecule has 5 nitrogen and oxygen atoms in total. The fourth-order valence-electron chi connectivity index (χ4n) is 1.22. The van der Waals surface area contributed by atoms with E-state index in [-0.39, 0.29) is 12.5 Å². The van der Waals surface area contributed by atoms with E-state index in [0.29, 0.717) is 18.1 Å². The Morgan fingerprint density at radius 2 is 2.12 bits per heavy atom. The van der Waals surface area contributed by atoms with Gasteiger partial charge in [-0.1, -0.05) is 6.07 Å². The first-order chi connectivity index (χ1) is 8.17. The third kappa shape index (κ3) is 4.32. The van der Waals surface area contributed by atoms with Crippen LogP contribution in [0.3, 0.4) is 0 Å². The molecule has 1 amide bonds. The zero-order valence-corrected chi connectivity index (χ0v) is 10.3. The van der Waals surface area contributed by atoms with E-state index >= 15 is 0 Å². The molecule has 0 saturated heterocycles. The molecule has 0 fully saturated rings. The van der Waals surface area contributed by atoms with Gasteiger partial charge < -0.3 is 9.47 Å². The van der Waals surface area contributed by atoms with Crippen molar-refractivity contribution in [3.8, 4) is 11.5 Å². The average molecular weight is 239 g/mol. The predicted molar refractivity (Wildman–Crippen MR) is 63.0 cm³/mol. The molecule has 1 N–H and O–H groups in total. The van der Waals surface area contributed by atoms with Crippen molar-refractivity contribution in [3.63, 3.8) is 0 Å². The molecule has 0 aliphatic heterocycles. The lowest BCUT2D eigenvalue weighted by Crippen LogP contribution is -2.29. The maximum atomic E-state index is 11.2. The first-order valence-corrected chi connectivity index (χ1v) is 5.35. The Kier molecular flexibility index (Phi) is 5.29. The smallest absolute Gasteiger partial charge is 0.281 e. The highest BCUT2D eigenvalue weighted by atomic mass is 16.7. The maximum absolute atomic E-state index is 11.2. The number of hydroxylamine groups is 1. The standard InChI is InChI=1S/C12H17NO4/c1-4-17-13-12(14)8-16-10-6-5-9(2)7-11(10)15-3/h5-7H,4,8H2,1-3H3,(H,13,14). The lowest BCUT2D eigenvalue weighted by molar-refractivity contribution is -0.135. The molecule has 0 atom stereocenters. The van der Waals surface area contributed by atoms with Crippen molar-refractivity contribution in [2.45, 2.75) is 13.8 Å². The summed E-state index contributed by atoms with van der Waals surface area (Å²) in [5, 5.41) is 0. The van der Waals surface area contributed by atoms with Crippen LogP contribution in [0, 0.1) is 6.92 Å². The topological polar surface area (TPSA) is 56.8 Å². The molecule has 0 aliphatic carbocycles. The summed E-state index contributed by atoms with van der Waals surface area (Å²) in [7, 11) is 1.56. The summed E-state index contributed by atoms with van der Waals surface area (Å²) >= 11 is 0. The molecule has 0 saturated carbocycles. The van der Waals surface area contributed by atoms with Crippen molar-refractivity contribution in [2.75, 3.05) is 20.3 Å². The summed E-state index contributed by atoms with van der Waals surface area (Å²) in [6.07, 6.45) is 0. The number of amides is 1. The van der Waals surface area contributed by atoms with Crippen LogP contribution in [-0.2, 0) is 9.63 Å². The molecule has 1 aromatic carbocycles. The van der Waals surface area contributed by atoms with Gasteiger partial charge in [0.05, 0.1) is 13.7 Å². The largest absolute Gasteiger partial charge is 0.493 e. The summed E-state index contributed by atoms with van der Waals surface area (Å²) in [4.78, 5) is 16.0. The third-order valence-corrected chi connectivity index (χ3v) is 2.01. The summed E-state index contributed by atoms with van der Waals surface area (Å²) < 4.78 is 10.5. The first-order valence-electron chi connectivity index (χ1n) is 5.35. The van der Waals surface area contributed by atoms with Gasteiger partial charge in [-0.2, -0.15) is 0 Å². The number of rotatable bonds is 6. The van der Waals surface area contributed by atoms with E-state index in [4.69, 9.17) is 14.3 Å². The molecule has 0 unspecified atom stereocenters. The van der Waals surface area contributed by atoms with Crippen LogP contribution in [0.1, 0.15) is 12.5 Å². The summed E-state index contributed by atoms with van der Waals surface area (Å²) in [6.45, 7) is 4.04. The van der Waals surface area contributed by atoms with Gasteiger partial charge in [-0.15, -0.1) is 0 Å². The molecule has 0 bridgehead atoms. The van der Waals surface area contributed by atoms with Crippen LogP contribution in [0.2, 0.25) is 0 Å². The minimum Gasteiger partial charge on any atom is -0.493 e. The lowest BCUT2D eigenvalue weighted by Gasteiger charge is -2.11. The van der Waals surface area contributed by atoms with E-state index in [1.54, 1.807) is 20.1 Å².